The van der Waals surface area contributed by atoms with Crippen molar-refractivity contribution in [3.05, 3.63) is 47.3 Å². The molecular formula is C17H21N3O5S3. The van der Waals surface area contributed by atoms with Crippen LogP contribution >= 0.6 is 11.3 Å². The van der Waals surface area contributed by atoms with E-state index in [1.54, 1.807) is 40.6 Å². The van der Waals surface area contributed by atoms with E-state index in [1.165, 1.54) is 16.6 Å². The van der Waals surface area contributed by atoms with E-state index in [2.05, 4.69) is 4.72 Å². The molecule has 1 aliphatic heterocycles. The Balaban J connectivity index is 1.67. The molecule has 1 aliphatic rings. The molecule has 11 heteroatoms. The van der Waals surface area contributed by atoms with E-state index in [9.17, 15) is 21.6 Å². The van der Waals surface area contributed by atoms with Crippen molar-refractivity contribution in [2.75, 3.05) is 37.2 Å². The molecule has 8 nitrogen and oxygen atoms in total. The third kappa shape index (κ3) is 4.90. The van der Waals surface area contributed by atoms with Gasteiger partial charge in [-0.05, 0) is 42.1 Å². The van der Waals surface area contributed by atoms with Gasteiger partial charge in [-0.25, -0.2) is 21.1 Å². The van der Waals surface area contributed by atoms with E-state index in [-0.39, 0.29) is 16.7 Å². The van der Waals surface area contributed by atoms with Gasteiger partial charge in [0.1, 0.15) is 4.21 Å². The van der Waals surface area contributed by atoms with E-state index in [1.807, 2.05) is 0 Å². The number of hydrogen-bond donors (Lipinski definition) is 1. The number of anilines is 1. The predicted octanol–water partition coefficient (Wildman–Crippen LogP) is 1.66. The van der Waals surface area contributed by atoms with Gasteiger partial charge in [0.05, 0.1) is 6.26 Å². The summed E-state index contributed by atoms with van der Waals surface area (Å²) in [5.41, 5.74) is 0.788. The van der Waals surface area contributed by atoms with Crippen molar-refractivity contribution in [2.45, 2.75) is 10.6 Å². The van der Waals surface area contributed by atoms with E-state index in [0.717, 1.165) is 11.3 Å². The molecule has 3 rings (SSSR count). The largest absolute Gasteiger partial charge is 0.337 e. The lowest BCUT2D eigenvalue weighted by Gasteiger charge is -2.21. The molecule has 1 N–H and O–H groups in total. The lowest BCUT2D eigenvalue weighted by Crippen LogP contribution is -2.36. The summed E-state index contributed by atoms with van der Waals surface area (Å²) in [6, 6.07) is 9.39. The maximum atomic E-state index is 12.7. The van der Waals surface area contributed by atoms with E-state index < -0.39 is 20.0 Å². The van der Waals surface area contributed by atoms with Gasteiger partial charge in [0.25, 0.3) is 15.9 Å². The highest BCUT2D eigenvalue weighted by atomic mass is 32.2. The summed E-state index contributed by atoms with van der Waals surface area (Å²) in [5, 5.41) is 1.68. The van der Waals surface area contributed by atoms with Crippen molar-refractivity contribution < 1.29 is 21.6 Å². The van der Waals surface area contributed by atoms with Crippen LogP contribution in [-0.2, 0) is 20.0 Å². The molecule has 1 saturated heterocycles. The molecule has 28 heavy (non-hydrogen) atoms. The van der Waals surface area contributed by atoms with Crippen LogP contribution in [0.2, 0.25) is 0 Å². The maximum Gasteiger partial charge on any atom is 0.271 e. The maximum absolute atomic E-state index is 12.7. The number of carbonyl (C=O) groups is 1. The average molecular weight is 444 g/mol. The van der Waals surface area contributed by atoms with Gasteiger partial charge < -0.3 is 4.90 Å². The van der Waals surface area contributed by atoms with Crippen LogP contribution in [0, 0.1) is 0 Å². The van der Waals surface area contributed by atoms with Crippen molar-refractivity contribution in [1.82, 2.24) is 9.21 Å². The average Bonchev–Trinajstić information content (AvgIpc) is 3.06. The van der Waals surface area contributed by atoms with Gasteiger partial charge in [0.15, 0.2) is 0 Å². The highest BCUT2D eigenvalue weighted by Crippen LogP contribution is 2.21. The second-order valence-electron chi connectivity index (χ2n) is 6.42. The summed E-state index contributed by atoms with van der Waals surface area (Å²) in [6.07, 6.45) is 1.73. The summed E-state index contributed by atoms with van der Waals surface area (Å²) in [5.74, 6) is -0.206. The smallest absolute Gasteiger partial charge is 0.271 e. The van der Waals surface area contributed by atoms with Gasteiger partial charge in [-0.2, -0.15) is 0 Å². The molecule has 0 saturated carbocycles. The monoisotopic (exact) mass is 443 g/mol. The van der Waals surface area contributed by atoms with Crippen LogP contribution in [0.3, 0.4) is 0 Å². The number of carbonyl (C=O) groups excluding carboxylic acids is 1. The molecule has 0 aliphatic carbocycles. The predicted molar refractivity (Wildman–Crippen MR) is 109 cm³/mol. The Morgan fingerprint density at radius 3 is 2.32 bits per heavy atom. The first kappa shape index (κ1) is 20.8. The molecule has 1 fully saturated rings. The van der Waals surface area contributed by atoms with Crippen LogP contribution in [-0.4, -0.2) is 64.4 Å². The number of amides is 1. The Labute approximate surface area is 168 Å². The van der Waals surface area contributed by atoms with Crippen LogP contribution < -0.4 is 4.72 Å². The third-order valence-electron chi connectivity index (χ3n) is 4.36. The number of hydrogen-bond acceptors (Lipinski definition) is 6. The van der Waals surface area contributed by atoms with Gasteiger partial charge in [0.2, 0.25) is 10.0 Å². The van der Waals surface area contributed by atoms with Crippen LogP contribution in [0.4, 0.5) is 5.69 Å². The molecule has 0 unspecified atom stereocenters. The Kier molecular flexibility index (Phi) is 6.08. The second-order valence-corrected chi connectivity index (χ2v) is 11.3. The summed E-state index contributed by atoms with van der Waals surface area (Å²) in [4.78, 5) is 14.3. The van der Waals surface area contributed by atoms with Crippen molar-refractivity contribution >= 4 is 43.0 Å². The van der Waals surface area contributed by atoms with E-state index >= 15 is 0 Å². The number of thiophene rings is 1. The van der Waals surface area contributed by atoms with Gasteiger partial charge >= 0.3 is 0 Å². The number of rotatable bonds is 5. The molecular weight excluding hydrogens is 422 g/mol. The van der Waals surface area contributed by atoms with Gasteiger partial charge in [-0.3, -0.25) is 9.52 Å². The highest BCUT2D eigenvalue weighted by molar-refractivity contribution is 7.94. The standard InChI is InChI=1S/C17H21N3O5S3/c1-27(22,23)20-10-3-9-19(11-12-20)17(21)14-5-7-15(8-6-14)18-28(24,25)16-4-2-13-26-16/h2,4-8,13,18H,3,9-12H2,1H3. The molecule has 0 spiro atoms. The molecule has 152 valence electrons. The van der Waals surface area contributed by atoms with Crippen molar-refractivity contribution in [2.24, 2.45) is 0 Å². The zero-order valence-electron chi connectivity index (χ0n) is 15.2. The zero-order chi connectivity index (χ0) is 20.4. The summed E-state index contributed by atoms with van der Waals surface area (Å²) < 4.78 is 52.0. The first-order chi connectivity index (χ1) is 13.2. The van der Waals surface area contributed by atoms with Gasteiger partial charge in [0, 0.05) is 37.4 Å². The van der Waals surface area contributed by atoms with Crippen molar-refractivity contribution in [3.8, 4) is 0 Å². The normalized spacial score (nSPS) is 16.5. The minimum absolute atomic E-state index is 0.206. The Hall–Kier alpha value is -1.95. The van der Waals surface area contributed by atoms with Crippen molar-refractivity contribution in [3.63, 3.8) is 0 Å². The van der Waals surface area contributed by atoms with Crippen LogP contribution in [0.1, 0.15) is 16.8 Å². The fourth-order valence-corrected chi connectivity index (χ4v) is 5.84. The Morgan fingerprint density at radius 1 is 1.00 bits per heavy atom. The molecule has 0 atom stereocenters. The van der Waals surface area contributed by atoms with E-state index in [0.29, 0.717) is 37.3 Å². The van der Waals surface area contributed by atoms with Gasteiger partial charge in [-0.1, -0.05) is 6.07 Å². The quantitative estimate of drug-likeness (QED) is 0.757. The lowest BCUT2D eigenvalue weighted by atomic mass is 10.2. The molecule has 1 aromatic heterocycles. The zero-order valence-corrected chi connectivity index (χ0v) is 17.7. The molecule has 2 aromatic rings. The SMILES string of the molecule is CS(=O)(=O)N1CCCN(C(=O)c2ccc(NS(=O)(=O)c3cccs3)cc2)CC1. The summed E-state index contributed by atoms with van der Waals surface area (Å²) >= 11 is 1.12. The van der Waals surface area contributed by atoms with Crippen LogP contribution in [0.5, 0.6) is 0 Å². The fraction of sp³-hybridized carbons (Fsp3) is 0.353. The molecule has 2 heterocycles. The van der Waals surface area contributed by atoms with E-state index in [4.69, 9.17) is 0 Å². The first-order valence-corrected chi connectivity index (χ1v) is 12.8. The van der Waals surface area contributed by atoms with Crippen LogP contribution in [0.25, 0.3) is 0 Å². The summed E-state index contributed by atoms with van der Waals surface area (Å²) in [6.45, 7) is 1.45. The first-order valence-electron chi connectivity index (χ1n) is 8.57. The number of nitrogens with zero attached hydrogens (tertiary/aromatic N) is 2. The minimum Gasteiger partial charge on any atom is -0.337 e. The lowest BCUT2D eigenvalue weighted by molar-refractivity contribution is 0.0764. The molecule has 1 amide bonds. The minimum atomic E-state index is -3.64. The Bertz CT molecular complexity index is 1030. The highest BCUT2D eigenvalue weighted by Gasteiger charge is 2.24. The fourth-order valence-electron chi connectivity index (χ4n) is 2.91. The Morgan fingerprint density at radius 2 is 1.71 bits per heavy atom. The molecule has 0 bridgehead atoms. The molecule has 1 aromatic carbocycles. The van der Waals surface area contributed by atoms with Crippen LogP contribution in [0.15, 0.2) is 46.0 Å². The molecule has 0 radical (unpaired) electrons. The number of nitrogens with one attached hydrogen (secondary N) is 1. The van der Waals surface area contributed by atoms with Gasteiger partial charge in [-0.15, -0.1) is 11.3 Å². The number of benzene rings is 1. The second kappa shape index (κ2) is 8.19. The topological polar surface area (TPSA) is 104 Å². The number of sulfonamides is 2. The van der Waals surface area contributed by atoms with Crippen molar-refractivity contribution in [1.29, 1.82) is 0 Å². The summed E-state index contributed by atoms with van der Waals surface area (Å²) in [7, 11) is -6.91. The third-order valence-corrected chi connectivity index (χ3v) is 8.44.